The molecule has 2 rings (SSSR count). The first-order valence-electron chi connectivity index (χ1n) is 5.78. The van der Waals surface area contributed by atoms with E-state index in [2.05, 4.69) is 4.98 Å². The van der Waals surface area contributed by atoms with Crippen molar-refractivity contribution in [3.05, 3.63) is 29.8 Å². The summed E-state index contributed by atoms with van der Waals surface area (Å²) in [4.78, 5) is 18.0. The highest BCUT2D eigenvalue weighted by molar-refractivity contribution is 7.80. The highest BCUT2D eigenvalue weighted by Gasteiger charge is 2.32. The van der Waals surface area contributed by atoms with Gasteiger partial charge in [-0.05, 0) is 18.9 Å². The third-order valence-corrected chi connectivity index (χ3v) is 3.00. The largest absolute Gasteiger partial charge is 0.393 e. The van der Waals surface area contributed by atoms with E-state index in [0.717, 1.165) is 19.0 Å². The summed E-state index contributed by atoms with van der Waals surface area (Å²) in [7, 11) is 0. The van der Waals surface area contributed by atoms with Crippen molar-refractivity contribution in [3.8, 4) is 0 Å². The lowest BCUT2D eigenvalue weighted by atomic mass is 10.2. The van der Waals surface area contributed by atoms with Crippen LogP contribution < -0.4 is 5.73 Å². The molecule has 0 unspecified atom stereocenters. The summed E-state index contributed by atoms with van der Waals surface area (Å²) in [6.07, 6.45) is 4.90. The van der Waals surface area contributed by atoms with Gasteiger partial charge in [-0.1, -0.05) is 12.2 Å². The van der Waals surface area contributed by atoms with Gasteiger partial charge in [0.1, 0.15) is 5.82 Å². The Balaban J connectivity index is 2.10. The molecular weight excluding hydrogens is 253 g/mol. The molecule has 0 radical (unpaired) electrons. The first-order valence-corrected chi connectivity index (χ1v) is 6.18. The number of pyridine rings is 1. The lowest BCUT2D eigenvalue weighted by Crippen LogP contribution is -2.35. The van der Waals surface area contributed by atoms with Gasteiger partial charge in [-0.25, -0.2) is 4.39 Å². The van der Waals surface area contributed by atoms with E-state index in [9.17, 15) is 9.18 Å². The van der Waals surface area contributed by atoms with Crippen LogP contribution in [-0.4, -0.2) is 33.4 Å². The van der Waals surface area contributed by atoms with Crippen LogP contribution >= 0.6 is 12.2 Å². The third-order valence-electron chi connectivity index (χ3n) is 2.80. The maximum absolute atomic E-state index is 13.0. The van der Waals surface area contributed by atoms with E-state index in [1.807, 2.05) is 0 Å². The third kappa shape index (κ3) is 3.22. The predicted molar refractivity (Wildman–Crippen MR) is 69.7 cm³/mol. The molecule has 1 aliphatic carbocycles. The normalized spacial score (nSPS) is 14.3. The Hall–Kier alpha value is -1.56. The monoisotopic (exact) mass is 267 g/mol. The number of nitrogens with zero attached hydrogens (tertiary/aromatic N) is 2. The number of carbonyl (C=O) groups excluding carboxylic acids is 1. The molecule has 1 aliphatic rings. The van der Waals surface area contributed by atoms with Crippen LogP contribution in [0.25, 0.3) is 0 Å². The van der Waals surface area contributed by atoms with E-state index in [1.54, 1.807) is 4.90 Å². The average Bonchev–Trinajstić information content (AvgIpc) is 3.13. The van der Waals surface area contributed by atoms with Crippen LogP contribution in [0, 0.1) is 5.82 Å². The van der Waals surface area contributed by atoms with Crippen molar-refractivity contribution in [3.63, 3.8) is 0 Å². The summed E-state index contributed by atoms with van der Waals surface area (Å²) in [5.74, 6) is -0.716. The molecule has 18 heavy (non-hydrogen) atoms. The highest BCUT2D eigenvalue weighted by atomic mass is 32.1. The van der Waals surface area contributed by atoms with Crippen LogP contribution in [0.3, 0.4) is 0 Å². The van der Waals surface area contributed by atoms with E-state index in [1.165, 1.54) is 12.3 Å². The summed E-state index contributed by atoms with van der Waals surface area (Å²) in [5, 5.41) is 0. The van der Waals surface area contributed by atoms with Crippen LogP contribution in [0.4, 0.5) is 4.39 Å². The molecule has 1 aromatic rings. The second-order valence-electron chi connectivity index (χ2n) is 4.34. The SMILES string of the molecule is NC(=S)CCN(C(=O)c1cncc(F)c1)C1CC1. The minimum absolute atomic E-state index is 0.208. The average molecular weight is 267 g/mol. The number of rotatable bonds is 5. The zero-order valence-corrected chi connectivity index (χ0v) is 10.6. The fraction of sp³-hybridized carbons (Fsp3) is 0.417. The topological polar surface area (TPSA) is 59.2 Å². The van der Waals surface area contributed by atoms with Crippen molar-refractivity contribution >= 4 is 23.1 Å². The smallest absolute Gasteiger partial charge is 0.255 e. The second kappa shape index (κ2) is 5.39. The van der Waals surface area contributed by atoms with Gasteiger partial charge in [0, 0.05) is 25.2 Å². The van der Waals surface area contributed by atoms with E-state index < -0.39 is 5.82 Å². The molecular formula is C12H14FN3OS. The maximum atomic E-state index is 13.0. The Morgan fingerprint density at radius 2 is 2.28 bits per heavy atom. The molecule has 96 valence electrons. The van der Waals surface area contributed by atoms with Crippen molar-refractivity contribution in [2.75, 3.05) is 6.54 Å². The summed E-state index contributed by atoms with van der Waals surface area (Å²) in [6.45, 7) is 0.481. The van der Waals surface area contributed by atoms with Crippen molar-refractivity contribution in [2.45, 2.75) is 25.3 Å². The summed E-state index contributed by atoms with van der Waals surface area (Å²) < 4.78 is 13.0. The Bertz CT molecular complexity index is 476. The summed E-state index contributed by atoms with van der Waals surface area (Å²) >= 11 is 4.81. The number of carbonyl (C=O) groups is 1. The molecule has 0 atom stereocenters. The van der Waals surface area contributed by atoms with Gasteiger partial charge in [0.05, 0.1) is 16.7 Å². The summed E-state index contributed by atoms with van der Waals surface area (Å²) in [6, 6.07) is 1.43. The predicted octanol–water partition coefficient (Wildman–Crippen LogP) is 1.50. The van der Waals surface area contributed by atoms with E-state index in [4.69, 9.17) is 18.0 Å². The van der Waals surface area contributed by atoms with Gasteiger partial charge in [-0.15, -0.1) is 0 Å². The number of halogens is 1. The van der Waals surface area contributed by atoms with Crippen LogP contribution in [0.1, 0.15) is 29.6 Å². The van der Waals surface area contributed by atoms with Crippen LogP contribution in [0.2, 0.25) is 0 Å². The first-order chi connectivity index (χ1) is 8.58. The number of hydrogen-bond donors (Lipinski definition) is 1. The molecule has 1 fully saturated rings. The number of amides is 1. The molecule has 6 heteroatoms. The van der Waals surface area contributed by atoms with E-state index in [-0.39, 0.29) is 17.5 Å². The van der Waals surface area contributed by atoms with Gasteiger partial charge >= 0.3 is 0 Å². The van der Waals surface area contributed by atoms with Crippen LogP contribution in [0.15, 0.2) is 18.5 Å². The zero-order chi connectivity index (χ0) is 13.1. The maximum Gasteiger partial charge on any atom is 0.255 e. The lowest BCUT2D eigenvalue weighted by Gasteiger charge is -2.22. The molecule has 1 heterocycles. The van der Waals surface area contributed by atoms with Gasteiger partial charge < -0.3 is 10.6 Å². The first kappa shape index (κ1) is 12.9. The van der Waals surface area contributed by atoms with E-state index in [0.29, 0.717) is 18.0 Å². The summed E-state index contributed by atoms with van der Waals surface area (Å²) in [5.41, 5.74) is 5.71. The second-order valence-corrected chi connectivity index (χ2v) is 4.86. The van der Waals surface area contributed by atoms with Crippen LogP contribution in [0.5, 0.6) is 0 Å². The van der Waals surface area contributed by atoms with Crippen molar-refractivity contribution < 1.29 is 9.18 Å². The van der Waals surface area contributed by atoms with Crippen molar-refractivity contribution in [1.29, 1.82) is 0 Å². The minimum atomic E-state index is -0.508. The van der Waals surface area contributed by atoms with E-state index >= 15 is 0 Å². The van der Waals surface area contributed by atoms with Crippen molar-refractivity contribution in [1.82, 2.24) is 9.88 Å². The fourth-order valence-corrected chi connectivity index (χ4v) is 1.85. The quantitative estimate of drug-likeness (QED) is 0.821. The standard InChI is InChI=1S/C12H14FN3OS/c13-9-5-8(6-15-7-9)12(17)16(10-1-2-10)4-3-11(14)18/h5-7,10H,1-4H2,(H2,14,18). The van der Waals surface area contributed by atoms with Gasteiger partial charge in [0.15, 0.2) is 0 Å². The number of thiocarbonyl (C=S) groups is 1. The van der Waals surface area contributed by atoms with Gasteiger partial charge in [0.25, 0.3) is 5.91 Å². The highest BCUT2D eigenvalue weighted by Crippen LogP contribution is 2.28. The molecule has 0 saturated heterocycles. The zero-order valence-electron chi connectivity index (χ0n) is 9.80. The van der Waals surface area contributed by atoms with Gasteiger partial charge in [0.2, 0.25) is 0 Å². The molecule has 2 N–H and O–H groups in total. The number of nitrogens with two attached hydrogens (primary N) is 1. The number of aromatic nitrogens is 1. The molecule has 0 aliphatic heterocycles. The Morgan fingerprint density at radius 1 is 1.56 bits per heavy atom. The molecule has 0 bridgehead atoms. The molecule has 1 amide bonds. The molecule has 1 saturated carbocycles. The Morgan fingerprint density at radius 3 is 2.83 bits per heavy atom. The molecule has 4 nitrogen and oxygen atoms in total. The minimum Gasteiger partial charge on any atom is -0.393 e. The van der Waals surface area contributed by atoms with Crippen molar-refractivity contribution in [2.24, 2.45) is 5.73 Å². The lowest BCUT2D eigenvalue weighted by molar-refractivity contribution is 0.0747. The number of hydrogen-bond acceptors (Lipinski definition) is 3. The Kier molecular flexibility index (Phi) is 3.86. The fourth-order valence-electron chi connectivity index (χ4n) is 1.76. The molecule has 1 aromatic heterocycles. The van der Waals surface area contributed by atoms with Gasteiger partial charge in [-0.2, -0.15) is 0 Å². The van der Waals surface area contributed by atoms with Crippen LogP contribution in [-0.2, 0) is 0 Å². The molecule has 0 spiro atoms. The Labute approximate surface area is 110 Å². The van der Waals surface area contributed by atoms with Gasteiger partial charge in [-0.3, -0.25) is 9.78 Å². The molecule has 0 aromatic carbocycles.